The Morgan fingerprint density at radius 2 is 2.19 bits per heavy atom. The summed E-state index contributed by atoms with van der Waals surface area (Å²) in [6.45, 7) is 5.11. The molecule has 1 aromatic carbocycles. The third kappa shape index (κ3) is 4.06. The van der Waals surface area contributed by atoms with Crippen LogP contribution >= 0.6 is 0 Å². The van der Waals surface area contributed by atoms with Gasteiger partial charge in [0, 0.05) is 25.2 Å². The normalized spacial score (nSPS) is 22.0. The Hall–Kier alpha value is -1.85. The average molecular weight is 298 g/mol. The Bertz CT molecular complexity index is 510. The molecule has 2 atom stereocenters. The summed E-state index contributed by atoms with van der Waals surface area (Å²) in [7, 11) is 0. The molecule has 0 spiro atoms. The summed E-state index contributed by atoms with van der Waals surface area (Å²) in [6.07, 6.45) is 0.308. The van der Waals surface area contributed by atoms with E-state index in [0.29, 0.717) is 19.7 Å². The molecule has 0 saturated carbocycles. The van der Waals surface area contributed by atoms with Crippen molar-refractivity contribution in [1.82, 2.24) is 5.32 Å². The lowest BCUT2D eigenvalue weighted by Gasteiger charge is -2.38. The summed E-state index contributed by atoms with van der Waals surface area (Å²) in [6, 6.07) is 3.27. The van der Waals surface area contributed by atoms with Crippen LogP contribution in [0.25, 0.3) is 0 Å². The molecule has 0 radical (unpaired) electrons. The number of carbonyl (C=O) groups excluding carboxylic acids is 1. The van der Waals surface area contributed by atoms with Crippen LogP contribution in [0.2, 0.25) is 0 Å². The predicted octanol–water partition coefficient (Wildman–Crippen LogP) is 2.93. The van der Waals surface area contributed by atoms with Gasteiger partial charge in [0.05, 0.1) is 12.3 Å². The molecule has 2 rings (SSSR count). The van der Waals surface area contributed by atoms with Crippen LogP contribution in [0.4, 0.5) is 19.3 Å². The number of anilines is 1. The minimum atomic E-state index is -0.476. The largest absolute Gasteiger partial charge is 0.450 e. The first-order chi connectivity index (χ1) is 9.99. The Kier molecular flexibility index (Phi) is 4.98. The number of amides is 1. The first kappa shape index (κ1) is 15.5. The minimum Gasteiger partial charge on any atom is -0.450 e. The number of rotatable bonds is 3. The summed E-state index contributed by atoms with van der Waals surface area (Å²) in [4.78, 5) is 13.3. The fourth-order valence-corrected chi connectivity index (χ4v) is 2.72. The molecule has 21 heavy (non-hydrogen) atoms. The second kappa shape index (κ2) is 6.74. The van der Waals surface area contributed by atoms with Gasteiger partial charge in [-0.3, -0.25) is 0 Å². The van der Waals surface area contributed by atoms with Gasteiger partial charge in [-0.1, -0.05) is 6.92 Å². The third-order valence-corrected chi connectivity index (χ3v) is 3.51. The van der Waals surface area contributed by atoms with Crippen molar-refractivity contribution < 1.29 is 18.3 Å². The molecule has 1 aliphatic heterocycles. The lowest BCUT2D eigenvalue weighted by Crippen LogP contribution is -2.50. The molecule has 1 aliphatic rings. The van der Waals surface area contributed by atoms with Crippen LogP contribution in [0.5, 0.6) is 0 Å². The minimum absolute atomic E-state index is 0.143. The maximum absolute atomic E-state index is 13.9. The molecule has 1 saturated heterocycles. The molecule has 1 aromatic rings. The number of nitrogens with one attached hydrogen (secondary N) is 1. The van der Waals surface area contributed by atoms with Crippen molar-refractivity contribution in [2.75, 3.05) is 24.6 Å². The average Bonchev–Trinajstić information content (AvgIpc) is 2.41. The highest BCUT2D eigenvalue weighted by Crippen LogP contribution is 2.26. The molecule has 1 N–H and O–H groups in total. The maximum atomic E-state index is 13.9. The van der Waals surface area contributed by atoms with E-state index in [9.17, 15) is 13.6 Å². The van der Waals surface area contributed by atoms with Gasteiger partial charge in [0.25, 0.3) is 0 Å². The topological polar surface area (TPSA) is 41.6 Å². The van der Waals surface area contributed by atoms with E-state index in [1.54, 1.807) is 11.8 Å². The van der Waals surface area contributed by atoms with E-state index in [-0.39, 0.29) is 17.6 Å². The molecule has 4 nitrogen and oxygen atoms in total. The van der Waals surface area contributed by atoms with Crippen LogP contribution in [0.15, 0.2) is 18.2 Å². The maximum Gasteiger partial charge on any atom is 0.407 e. The standard InChI is InChI=1S/C15H20F2N2O2/c1-3-21-15(20)18-12-6-10(2)8-19(9-12)14-7-11(16)4-5-13(14)17/h4-5,7,10,12H,3,6,8-9H2,1-2H3,(H,18,20). The predicted molar refractivity (Wildman–Crippen MR) is 76.3 cm³/mol. The summed E-state index contributed by atoms with van der Waals surface area (Å²) in [5.41, 5.74) is 0.234. The van der Waals surface area contributed by atoms with E-state index in [1.807, 2.05) is 6.92 Å². The molecular formula is C15H20F2N2O2. The highest BCUT2D eigenvalue weighted by molar-refractivity contribution is 5.67. The Morgan fingerprint density at radius 3 is 2.90 bits per heavy atom. The second-order valence-electron chi connectivity index (χ2n) is 5.40. The van der Waals surface area contributed by atoms with E-state index in [1.165, 1.54) is 6.07 Å². The Balaban J connectivity index is 2.10. The van der Waals surface area contributed by atoms with E-state index < -0.39 is 17.7 Å². The summed E-state index contributed by atoms with van der Waals surface area (Å²) >= 11 is 0. The summed E-state index contributed by atoms with van der Waals surface area (Å²) in [5, 5.41) is 2.76. The van der Waals surface area contributed by atoms with E-state index >= 15 is 0 Å². The molecule has 2 unspecified atom stereocenters. The lowest BCUT2D eigenvalue weighted by atomic mass is 9.95. The molecule has 1 amide bonds. The van der Waals surface area contributed by atoms with Crippen LogP contribution in [-0.4, -0.2) is 31.8 Å². The molecule has 0 aliphatic carbocycles. The quantitative estimate of drug-likeness (QED) is 0.933. The van der Waals surface area contributed by atoms with Gasteiger partial charge >= 0.3 is 6.09 Å². The van der Waals surface area contributed by atoms with Gasteiger partial charge in [-0.15, -0.1) is 0 Å². The smallest absolute Gasteiger partial charge is 0.407 e. The number of nitrogens with zero attached hydrogens (tertiary/aromatic N) is 1. The highest BCUT2D eigenvalue weighted by atomic mass is 19.1. The number of hydrogen-bond acceptors (Lipinski definition) is 3. The number of benzene rings is 1. The van der Waals surface area contributed by atoms with Crippen molar-refractivity contribution in [1.29, 1.82) is 0 Å². The number of hydrogen-bond donors (Lipinski definition) is 1. The molecule has 0 bridgehead atoms. The number of alkyl carbamates (subject to hydrolysis) is 1. The fourth-order valence-electron chi connectivity index (χ4n) is 2.72. The number of piperidine rings is 1. The number of halogens is 2. The monoisotopic (exact) mass is 298 g/mol. The highest BCUT2D eigenvalue weighted by Gasteiger charge is 2.27. The van der Waals surface area contributed by atoms with Gasteiger partial charge in [0.1, 0.15) is 11.6 Å². The van der Waals surface area contributed by atoms with Crippen LogP contribution in [0.1, 0.15) is 20.3 Å². The van der Waals surface area contributed by atoms with Crippen LogP contribution in [-0.2, 0) is 4.74 Å². The SMILES string of the molecule is CCOC(=O)NC1CC(C)CN(c2cc(F)ccc2F)C1. The van der Waals surface area contributed by atoms with E-state index in [4.69, 9.17) is 4.74 Å². The van der Waals surface area contributed by atoms with Crippen molar-refractivity contribution in [2.24, 2.45) is 5.92 Å². The first-order valence-electron chi connectivity index (χ1n) is 7.13. The fraction of sp³-hybridized carbons (Fsp3) is 0.533. The van der Waals surface area contributed by atoms with Crippen molar-refractivity contribution in [3.63, 3.8) is 0 Å². The second-order valence-corrected chi connectivity index (χ2v) is 5.40. The summed E-state index contributed by atoms with van der Waals surface area (Å²) in [5.74, 6) is -0.673. The molecule has 1 fully saturated rings. The van der Waals surface area contributed by atoms with Crippen LogP contribution < -0.4 is 10.2 Å². The Labute approximate surface area is 123 Å². The van der Waals surface area contributed by atoms with Gasteiger partial charge in [0.15, 0.2) is 0 Å². The molecule has 6 heteroatoms. The van der Waals surface area contributed by atoms with E-state index in [2.05, 4.69) is 5.32 Å². The van der Waals surface area contributed by atoms with Gasteiger partial charge < -0.3 is 15.0 Å². The number of carbonyl (C=O) groups is 1. The van der Waals surface area contributed by atoms with Crippen molar-refractivity contribution >= 4 is 11.8 Å². The van der Waals surface area contributed by atoms with Gasteiger partial charge in [-0.05, 0) is 31.4 Å². The van der Waals surface area contributed by atoms with Crippen molar-refractivity contribution in [3.8, 4) is 0 Å². The van der Waals surface area contributed by atoms with Gasteiger partial charge in [-0.25, -0.2) is 13.6 Å². The molecular weight excluding hydrogens is 278 g/mol. The lowest BCUT2D eigenvalue weighted by molar-refractivity contribution is 0.145. The molecule has 0 aromatic heterocycles. The Morgan fingerprint density at radius 1 is 1.43 bits per heavy atom. The van der Waals surface area contributed by atoms with Crippen molar-refractivity contribution in [2.45, 2.75) is 26.3 Å². The third-order valence-electron chi connectivity index (χ3n) is 3.51. The van der Waals surface area contributed by atoms with Gasteiger partial charge in [0.2, 0.25) is 0 Å². The molecule has 1 heterocycles. The zero-order valence-corrected chi connectivity index (χ0v) is 12.2. The zero-order chi connectivity index (χ0) is 15.4. The number of ether oxygens (including phenoxy) is 1. The van der Waals surface area contributed by atoms with E-state index in [0.717, 1.165) is 18.6 Å². The van der Waals surface area contributed by atoms with Crippen molar-refractivity contribution in [3.05, 3.63) is 29.8 Å². The summed E-state index contributed by atoms with van der Waals surface area (Å²) < 4.78 is 32.1. The first-order valence-corrected chi connectivity index (χ1v) is 7.13. The zero-order valence-electron chi connectivity index (χ0n) is 12.2. The van der Waals surface area contributed by atoms with Gasteiger partial charge in [-0.2, -0.15) is 0 Å². The van der Waals surface area contributed by atoms with Crippen LogP contribution in [0.3, 0.4) is 0 Å². The molecule has 116 valence electrons. The van der Waals surface area contributed by atoms with Crippen LogP contribution in [0, 0.1) is 17.6 Å².